The molecule has 0 fully saturated rings. The minimum absolute atomic E-state index is 0.443. The van der Waals surface area contributed by atoms with E-state index in [4.69, 9.17) is 10.5 Å². The second-order valence-electron chi connectivity index (χ2n) is 4.60. The van der Waals surface area contributed by atoms with Gasteiger partial charge in [0, 0.05) is 23.7 Å². The van der Waals surface area contributed by atoms with Crippen molar-refractivity contribution in [2.24, 2.45) is 5.73 Å². The van der Waals surface area contributed by atoms with Crippen molar-refractivity contribution in [2.75, 3.05) is 7.11 Å². The second-order valence-corrected chi connectivity index (χ2v) is 4.60. The van der Waals surface area contributed by atoms with Crippen molar-refractivity contribution in [3.8, 4) is 16.9 Å². The van der Waals surface area contributed by atoms with Gasteiger partial charge in [-0.3, -0.25) is 4.98 Å². The first-order chi connectivity index (χ1) is 9.83. The van der Waals surface area contributed by atoms with E-state index in [1.54, 1.807) is 7.11 Å². The van der Waals surface area contributed by atoms with Crippen molar-refractivity contribution in [1.29, 1.82) is 0 Å². The third-order valence-corrected chi connectivity index (χ3v) is 3.45. The number of rotatable bonds is 3. The zero-order valence-electron chi connectivity index (χ0n) is 11.3. The van der Waals surface area contributed by atoms with Gasteiger partial charge in [0.15, 0.2) is 0 Å². The first-order valence-electron chi connectivity index (χ1n) is 6.54. The number of benzene rings is 2. The van der Waals surface area contributed by atoms with E-state index in [2.05, 4.69) is 23.2 Å². The van der Waals surface area contributed by atoms with Crippen LogP contribution in [0.25, 0.3) is 21.9 Å². The lowest BCUT2D eigenvalue weighted by atomic mass is 9.99. The predicted octanol–water partition coefficient (Wildman–Crippen LogP) is 3.37. The van der Waals surface area contributed by atoms with E-state index < -0.39 is 0 Å². The molecule has 100 valence electrons. The molecule has 0 saturated carbocycles. The molecule has 1 aromatic heterocycles. The van der Waals surface area contributed by atoms with Gasteiger partial charge < -0.3 is 10.5 Å². The van der Waals surface area contributed by atoms with Gasteiger partial charge >= 0.3 is 0 Å². The molecule has 0 spiro atoms. The molecule has 0 saturated heterocycles. The lowest BCUT2D eigenvalue weighted by Gasteiger charge is -2.10. The van der Waals surface area contributed by atoms with E-state index in [0.717, 1.165) is 33.3 Å². The van der Waals surface area contributed by atoms with Gasteiger partial charge in [-0.25, -0.2) is 0 Å². The number of pyridine rings is 1. The normalized spacial score (nSPS) is 10.7. The van der Waals surface area contributed by atoms with Crippen LogP contribution in [0, 0.1) is 0 Å². The average Bonchev–Trinajstić information content (AvgIpc) is 2.54. The highest BCUT2D eigenvalue weighted by Gasteiger charge is 2.08. The monoisotopic (exact) mass is 264 g/mol. The van der Waals surface area contributed by atoms with E-state index >= 15 is 0 Å². The molecule has 0 aliphatic rings. The topological polar surface area (TPSA) is 48.1 Å². The fraction of sp³-hybridized carbons (Fsp3) is 0.118. The van der Waals surface area contributed by atoms with Crippen molar-refractivity contribution >= 4 is 10.8 Å². The van der Waals surface area contributed by atoms with Crippen LogP contribution in [-0.2, 0) is 6.54 Å². The Bertz CT molecular complexity index is 753. The zero-order chi connectivity index (χ0) is 13.9. The highest BCUT2D eigenvalue weighted by molar-refractivity contribution is 5.97. The molecule has 0 bridgehead atoms. The van der Waals surface area contributed by atoms with Crippen LogP contribution in [-0.4, -0.2) is 12.1 Å². The van der Waals surface area contributed by atoms with Crippen LogP contribution in [0.1, 0.15) is 5.69 Å². The number of ether oxygens (including phenoxy) is 1. The largest absolute Gasteiger partial charge is 0.497 e. The maximum atomic E-state index is 5.77. The standard InChI is InChI=1S/C17H16N2O/c1-20-13-6-4-5-12(9-13)16-11-19-17(10-18)15-8-3-2-7-14(15)16/h2-9,11H,10,18H2,1H3. The van der Waals surface area contributed by atoms with Gasteiger partial charge in [0.25, 0.3) is 0 Å². The summed E-state index contributed by atoms with van der Waals surface area (Å²) in [4.78, 5) is 4.49. The molecule has 0 amide bonds. The van der Waals surface area contributed by atoms with Crippen LogP contribution >= 0.6 is 0 Å². The molecule has 3 heteroatoms. The number of nitrogens with two attached hydrogens (primary N) is 1. The van der Waals surface area contributed by atoms with Crippen LogP contribution in [0.2, 0.25) is 0 Å². The zero-order valence-corrected chi connectivity index (χ0v) is 11.3. The third kappa shape index (κ3) is 2.12. The Kier molecular flexibility index (Phi) is 3.35. The lowest BCUT2D eigenvalue weighted by Crippen LogP contribution is -2.01. The Hall–Kier alpha value is -2.39. The van der Waals surface area contributed by atoms with E-state index in [-0.39, 0.29) is 0 Å². The summed E-state index contributed by atoms with van der Waals surface area (Å²) < 4.78 is 5.29. The summed E-state index contributed by atoms with van der Waals surface area (Å²) in [6.45, 7) is 0.443. The van der Waals surface area contributed by atoms with Crippen LogP contribution in [0.15, 0.2) is 54.7 Å². The van der Waals surface area contributed by atoms with E-state index in [1.165, 1.54) is 0 Å². The van der Waals surface area contributed by atoms with Crippen molar-refractivity contribution in [1.82, 2.24) is 4.98 Å². The molecule has 3 aromatic rings. The smallest absolute Gasteiger partial charge is 0.119 e. The molecule has 2 aromatic carbocycles. The fourth-order valence-electron chi connectivity index (χ4n) is 2.43. The number of aromatic nitrogens is 1. The third-order valence-electron chi connectivity index (χ3n) is 3.45. The van der Waals surface area contributed by atoms with E-state index in [1.807, 2.05) is 36.5 Å². The van der Waals surface area contributed by atoms with E-state index in [9.17, 15) is 0 Å². The molecule has 0 unspecified atom stereocenters. The molecule has 20 heavy (non-hydrogen) atoms. The predicted molar refractivity (Wildman–Crippen MR) is 81.6 cm³/mol. The summed E-state index contributed by atoms with van der Waals surface area (Å²) >= 11 is 0. The maximum absolute atomic E-state index is 5.77. The number of nitrogens with zero attached hydrogens (tertiary/aromatic N) is 1. The average molecular weight is 264 g/mol. The molecule has 3 rings (SSSR count). The van der Waals surface area contributed by atoms with Gasteiger partial charge in [0.2, 0.25) is 0 Å². The number of hydrogen-bond donors (Lipinski definition) is 1. The summed E-state index contributed by atoms with van der Waals surface area (Å²) in [6, 6.07) is 16.2. The number of fused-ring (bicyclic) bond motifs is 1. The van der Waals surface area contributed by atoms with E-state index in [0.29, 0.717) is 6.54 Å². The molecule has 0 aliphatic heterocycles. The lowest BCUT2D eigenvalue weighted by molar-refractivity contribution is 0.415. The summed E-state index contributed by atoms with van der Waals surface area (Å²) in [5, 5.41) is 2.27. The van der Waals surface area contributed by atoms with Crippen molar-refractivity contribution < 1.29 is 4.74 Å². The molecule has 0 atom stereocenters. The second kappa shape index (κ2) is 5.31. The Morgan fingerprint density at radius 3 is 2.60 bits per heavy atom. The molecular formula is C17H16N2O. The molecule has 2 N–H and O–H groups in total. The fourth-order valence-corrected chi connectivity index (χ4v) is 2.43. The Morgan fingerprint density at radius 1 is 1.05 bits per heavy atom. The highest BCUT2D eigenvalue weighted by atomic mass is 16.5. The summed E-state index contributed by atoms with van der Waals surface area (Å²) in [6.07, 6.45) is 1.89. The molecular weight excluding hydrogens is 248 g/mol. The SMILES string of the molecule is COc1cccc(-c2cnc(CN)c3ccccc23)c1. The van der Waals surface area contributed by atoms with Crippen LogP contribution in [0.3, 0.4) is 0 Å². The molecule has 0 radical (unpaired) electrons. The van der Waals surface area contributed by atoms with Gasteiger partial charge in [-0.1, -0.05) is 36.4 Å². The van der Waals surface area contributed by atoms with Crippen molar-refractivity contribution in [3.63, 3.8) is 0 Å². The molecule has 1 heterocycles. The number of methoxy groups -OCH3 is 1. The van der Waals surface area contributed by atoms with Gasteiger partial charge in [0.05, 0.1) is 12.8 Å². The maximum Gasteiger partial charge on any atom is 0.119 e. The van der Waals surface area contributed by atoms with Crippen molar-refractivity contribution in [3.05, 3.63) is 60.4 Å². The van der Waals surface area contributed by atoms with Gasteiger partial charge in [-0.05, 0) is 23.1 Å². The first kappa shape index (κ1) is 12.6. The van der Waals surface area contributed by atoms with Gasteiger partial charge in [-0.15, -0.1) is 0 Å². The highest BCUT2D eigenvalue weighted by Crippen LogP contribution is 2.31. The van der Waals surface area contributed by atoms with Crippen molar-refractivity contribution in [2.45, 2.75) is 6.54 Å². The quantitative estimate of drug-likeness (QED) is 0.789. The van der Waals surface area contributed by atoms with Crippen LogP contribution in [0.4, 0.5) is 0 Å². The molecule has 3 nitrogen and oxygen atoms in total. The minimum Gasteiger partial charge on any atom is -0.497 e. The Morgan fingerprint density at radius 2 is 1.85 bits per heavy atom. The Labute approximate surface area is 118 Å². The van der Waals surface area contributed by atoms with Crippen LogP contribution in [0.5, 0.6) is 5.75 Å². The first-order valence-corrected chi connectivity index (χ1v) is 6.54. The van der Waals surface area contributed by atoms with Gasteiger partial charge in [0.1, 0.15) is 5.75 Å². The number of hydrogen-bond acceptors (Lipinski definition) is 3. The molecule has 0 aliphatic carbocycles. The Balaban J connectivity index is 2.26. The summed E-state index contributed by atoms with van der Waals surface area (Å²) in [7, 11) is 1.67. The summed E-state index contributed by atoms with van der Waals surface area (Å²) in [5.74, 6) is 0.842. The minimum atomic E-state index is 0.443. The summed E-state index contributed by atoms with van der Waals surface area (Å²) in [5.41, 5.74) is 8.88. The van der Waals surface area contributed by atoms with Gasteiger partial charge in [-0.2, -0.15) is 0 Å². The van der Waals surface area contributed by atoms with Crippen LogP contribution < -0.4 is 10.5 Å².